The Bertz CT molecular complexity index is 618. The number of carbonyl (C=O) groups is 1. The second kappa shape index (κ2) is 4.96. The standard InChI is InChI=1S/C14H17N5O/c1-19(8-10-4-2-3-7-16-10)14(20)13-11(15)12(17-18-13)9-5-6-9/h2-4,7,9H,5-6,8,15H2,1H3,(H,17,18). The molecule has 1 aliphatic rings. The zero-order valence-electron chi connectivity index (χ0n) is 11.3. The molecular weight excluding hydrogens is 254 g/mol. The summed E-state index contributed by atoms with van der Waals surface area (Å²) in [5.74, 6) is 0.265. The molecule has 1 aliphatic carbocycles. The third-order valence-corrected chi connectivity index (χ3v) is 3.49. The van der Waals surface area contributed by atoms with Gasteiger partial charge in [0.25, 0.3) is 5.91 Å². The van der Waals surface area contributed by atoms with Crippen molar-refractivity contribution in [1.29, 1.82) is 0 Å². The smallest absolute Gasteiger partial charge is 0.276 e. The second-order valence-electron chi connectivity index (χ2n) is 5.16. The maximum Gasteiger partial charge on any atom is 0.276 e. The van der Waals surface area contributed by atoms with Crippen molar-refractivity contribution in [3.63, 3.8) is 0 Å². The molecule has 0 spiro atoms. The highest BCUT2D eigenvalue weighted by Crippen LogP contribution is 2.42. The molecule has 0 unspecified atom stereocenters. The third kappa shape index (κ3) is 2.36. The van der Waals surface area contributed by atoms with Gasteiger partial charge in [-0.15, -0.1) is 0 Å². The highest BCUT2D eigenvalue weighted by atomic mass is 16.2. The van der Waals surface area contributed by atoms with Gasteiger partial charge < -0.3 is 10.6 Å². The van der Waals surface area contributed by atoms with Gasteiger partial charge >= 0.3 is 0 Å². The van der Waals surface area contributed by atoms with E-state index in [0.29, 0.717) is 23.8 Å². The Hall–Kier alpha value is -2.37. The molecule has 6 nitrogen and oxygen atoms in total. The van der Waals surface area contributed by atoms with Gasteiger partial charge in [-0.1, -0.05) is 6.07 Å². The predicted molar refractivity (Wildman–Crippen MR) is 75.0 cm³/mol. The summed E-state index contributed by atoms with van der Waals surface area (Å²) in [5, 5.41) is 6.98. The molecule has 0 bridgehead atoms. The van der Waals surface area contributed by atoms with Crippen LogP contribution in [0.1, 0.15) is 40.6 Å². The molecule has 0 saturated heterocycles. The van der Waals surface area contributed by atoms with Crippen LogP contribution in [-0.2, 0) is 6.54 Å². The molecule has 3 rings (SSSR count). The van der Waals surface area contributed by atoms with Crippen molar-refractivity contribution in [2.45, 2.75) is 25.3 Å². The Morgan fingerprint density at radius 3 is 2.95 bits per heavy atom. The van der Waals surface area contributed by atoms with Crippen LogP contribution in [0.25, 0.3) is 0 Å². The fourth-order valence-corrected chi connectivity index (χ4v) is 2.20. The lowest BCUT2D eigenvalue weighted by molar-refractivity contribution is 0.0778. The molecule has 0 aliphatic heterocycles. The van der Waals surface area contributed by atoms with Crippen LogP contribution in [0, 0.1) is 0 Å². The lowest BCUT2D eigenvalue weighted by Crippen LogP contribution is -2.27. The maximum atomic E-state index is 12.4. The van der Waals surface area contributed by atoms with Crippen LogP contribution in [0.4, 0.5) is 5.69 Å². The predicted octanol–water partition coefficient (Wildman–Crippen LogP) is 1.54. The fourth-order valence-electron chi connectivity index (χ4n) is 2.20. The molecule has 0 radical (unpaired) electrons. The van der Waals surface area contributed by atoms with Crippen LogP contribution in [0.3, 0.4) is 0 Å². The van der Waals surface area contributed by atoms with Crippen LogP contribution in [0.2, 0.25) is 0 Å². The van der Waals surface area contributed by atoms with Gasteiger partial charge in [-0.25, -0.2) is 0 Å². The number of anilines is 1. The number of aromatic amines is 1. The van der Waals surface area contributed by atoms with Crippen LogP contribution in [-0.4, -0.2) is 33.0 Å². The average Bonchev–Trinajstić information content (AvgIpc) is 3.22. The summed E-state index contributed by atoms with van der Waals surface area (Å²) in [5.41, 5.74) is 8.56. The largest absolute Gasteiger partial charge is 0.395 e. The second-order valence-corrected chi connectivity index (χ2v) is 5.16. The van der Waals surface area contributed by atoms with E-state index in [0.717, 1.165) is 24.2 Å². The summed E-state index contributed by atoms with van der Waals surface area (Å²) in [4.78, 5) is 18.1. The number of hydrogen-bond acceptors (Lipinski definition) is 4. The number of hydrogen-bond donors (Lipinski definition) is 2. The first-order valence-corrected chi connectivity index (χ1v) is 6.66. The van der Waals surface area contributed by atoms with Crippen LogP contribution in [0.15, 0.2) is 24.4 Å². The zero-order valence-corrected chi connectivity index (χ0v) is 11.3. The first-order chi connectivity index (χ1) is 9.66. The number of nitrogens with one attached hydrogen (secondary N) is 1. The summed E-state index contributed by atoms with van der Waals surface area (Å²) >= 11 is 0. The van der Waals surface area contributed by atoms with Gasteiger partial charge in [0.15, 0.2) is 5.69 Å². The molecule has 2 aromatic rings. The Morgan fingerprint density at radius 2 is 2.30 bits per heavy atom. The van der Waals surface area contributed by atoms with E-state index in [1.165, 1.54) is 0 Å². The van der Waals surface area contributed by atoms with E-state index in [9.17, 15) is 4.79 Å². The van der Waals surface area contributed by atoms with E-state index in [-0.39, 0.29) is 5.91 Å². The summed E-state index contributed by atoms with van der Waals surface area (Å²) in [6, 6.07) is 5.63. The van der Waals surface area contributed by atoms with Crippen LogP contribution in [0.5, 0.6) is 0 Å². The number of nitrogen functional groups attached to an aromatic ring is 1. The van der Waals surface area contributed by atoms with E-state index in [2.05, 4.69) is 15.2 Å². The van der Waals surface area contributed by atoms with Gasteiger partial charge in [-0.3, -0.25) is 14.9 Å². The normalized spacial score (nSPS) is 14.2. The molecule has 0 atom stereocenters. The van der Waals surface area contributed by atoms with Gasteiger partial charge in [0.1, 0.15) is 0 Å². The van der Waals surface area contributed by atoms with Gasteiger partial charge in [-0.05, 0) is 25.0 Å². The maximum absolute atomic E-state index is 12.4. The molecule has 6 heteroatoms. The van der Waals surface area contributed by atoms with Crippen molar-refractivity contribution in [3.8, 4) is 0 Å². The fraction of sp³-hybridized carbons (Fsp3) is 0.357. The number of pyridine rings is 1. The van der Waals surface area contributed by atoms with Crippen molar-refractivity contribution in [1.82, 2.24) is 20.1 Å². The number of aromatic nitrogens is 3. The lowest BCUT2D eigenvalue weighted by Gasteiger charge is -2.15. The average molecular weight is 271 g/mol. The van der Waals surface area contributed by atoms with Gasteiger partial charge in [0, 0.05) is 19.2 Å². The summed E-state index contributed by atoms with van der Waals surface area (Å²) in [7, 11) is 1.72. The first-order valence-electron chi connectivity index (χ1n) is 6.66. The van der Waals surface area contributed by atoms with Crippen molar-refractivity contribution in [2.75, 3.05) is 12.8 Å². The molecule has 1 saturated carbocycles. The number of carbonyl (C=O) groups excluding carboxylic acids is 1. The van der Waals surface area contributed by atoms with Crippen LogP contribution >= 0.6 is 0 Å². The molecule has 104 valence electrons. The number of nitrogens with zero attached hydrogens (tertiary/aromatic N) is 3. The minimum Gasteiger partial charge on any atom is -0.395 e. The van der Waals surface area contributed by atoms with Gasteiger partial charge in [0.05, 0.1) is 23.6 Å². The molecule has 2 aromatic heterocycles. The Balaban J connectivity index is 1.75. The number of nitrogens with two attached hydrogens (primary N) is 1. The van der Waals surface area contributed by atoms with Crippen molar-refractivity contribution in [2.24, 2.45) is 0 Å². The van der Waals surface area contributed by atoms with Crippen LogP contribution < -0.4 is 5.73 Å². The molecule has 2 heterocycles. The molecule has 3 N–H and O–H groups in total. The van der Waals surface area contributed by atoms with E-state index in [1.807, 2.05) is 18.2 Å². The summed E-state index contributed by atoms with van der Waals surface area (Å²) in [6.07, 6.45) is 3.94. The molecule has 1 amide bonds. The molecule has 0 aromatic carbocycles. The lowest BCUT2D eigenvalue weighted by atomic mass is 10.2. The van der Waals surface area contributed by atoms with E-state index < -0.39 is 0 Å². The summed E-state index contributed by atoms with van der Waals surface area (Å²) < 4.78 is 0. The number of rotatable bonds is 4. The topological polar surface area (TPSA) is 87.9 Å². The Labute approximate surface area is 117 Å². The third-order valence-electron chi connectivity index (χ3n) is 3.49. The first kappa shape index (κ1) is 12.7. The SMILES string of the molecule is CN(Cc1ccccn1)C(=O)c1n[nH]c(C2CC2)c1N. The summed E-state index contributed by atoms with van der Waals surface area (Å²) in [6.45, 7) is 0.435. The highest BCUT2D eigenvalue weighted by Gasteiger charge is 2.31. The van der Waals surface area contributed by atoms with Gasteiger partial charge in [0.2, 0.25) is 0 Å². The highest BCUT2D eigenvalue weighted by molar-refractivity contribution is 5.97. The quantitative estimate of drug-likeness (QED) is 0.882. The monoisotopic (exact) mass is 271 g/mol. The Kier molecular flexibility index (Phi) is 3.14. The van der Waals surface area contributed by atoms with Gasteiger partial charge in [-0.2, -0.15) is 5.10 Å². The number of H-pyrrole nitrogens is 1. The van der Waals surface area contributed by atoms with Crippen molar-refractivity contribution >= 4 is 11.6 Å². The van der Waals surface area contributed by atoms with E-state index >= 15 is 0 Å². The van der Waals surface area contributed by atoms with E-state index in [4.69, 9.17) is 5.73 Å². The minimum absolute atomic E-state index is 0.184. The molecular formula is C14H17N5O. The van der Waals surface area contributed by atoms with Crippen molar-refractivity contribution < 1.29 is 4.79 Å². The van der Waals surface area contributed by atoms with E-state index in [1.54, 1.807) is 18.1 Å². The number of amides is 1. The molecule has 1 fully saturated rings. The van der Waals surface area contributed by atoms with Crippen molar-refractivity contribution in [3.05, 3.63) is 41.5 Å². The minimum atomic E-state index is -0.184. The zero-order chi connectivity index (χ0) is 14.1. The Morgan fingerprint density at radius 1 is 1.50 bits per heavy atom. The molecule has 20 heavy (non-hydrogen) atoms.